The molecule has 0 radical (unpaired) electrons. The number of fused-ring (bicyclic) bond motifs is 3. The first-order valence-electron chi connectivity index (χ1n) is 14.2. The average molecular weight is 540 g/mol. The maximum Gasteiger partial charge on any atom is 0.255 e. The quantitative estimate of drug-likeness (QED) is 0.500. The lowest BCUT2D eigenvalue weighted by Gasteiger charge is -2.38. The predicted octanol–water partition coefficient (Wildman–Crippen LogP) is 3.26. The number of nitrogens with zero attached hydrogens (tertiary/aromatic N) is 4. The minimum Gasteiger partial charge on any atom is -0.492 e. The van der Waals surface area contributed by atoms with E-state index in [1.165, 1.54) is 16.7 Å². The lowest BCUT2D eigenvalue weighted by Crippen LogP contribution is -2.52. The molecule has 2 fully saturated rings. The third-order valence-corrected chi connectivity index (χ3v) is 9.14. The standard InChI is InChI=1S/C31H33N5O4/c1-2-35-17-23(15-32-35)21-5-3-4-20(12-21)16-34-10-8-31(9-11-34)19-40-27-14-24-22(13-25(27)31)18-36(30(24)39)26-6-7-28(37)33-29(26)38/h3-5,12-15,17,26H,2,6-11,16,18-19H2,1H3,(H,33,37,38). The summed E-state index contributed by atoms with van der Waals surface area (Å²) < 4.78 is 8.14. The molecule has 1 unspecified atom stereocenters. The molecule has 4 aliphatic heterocycles. The van der Waals surface area contributed by atoms with Crippen LogP contribution in [0.15, 0.2) is 48.8 Å². The molecule has 2 saturated heterocycles. The number of piperidine rings is 2. The number of aromatic nitrogens is 2. The lowest BCUT2D eigenvalue weighted by atomic mass is 9.74. The van der Waals surface area contributed by atoms with Crippen molar-refractivity contribution in [2.24, 2.45) is 0 Å². The lowest BCUT2D eigenvalue weighted by molar-refractivity contribution is -0.136. The number of carbonyl (C=O) groups excluding carboxylic acids is 3. The van der Waals surface area contributed by atoms with Gasteiger partial charge in [-0.1, -0.05) is 18.2 Å². The van der Waals surface area contributed by atoms with E-state index in [9.17, 15) is 14.4 Å². The largest absolute Gasteiger partial charge is 0.492 e. The summed E-state index contributed by atoms with van der Waals surface area (Å²) in [5.74, 6) is -0.0173. The van der Waals surface area contributed by atoms with Crippen molar-refractivity contribution in [1.29, 1.82) is 0 Å². The topological polar surface area (TPSA) is 96.8 Å². The van der Waals surface area contributed by atoms with Gasteiger partial charge in [0.15, 0.2) is 0 Å². The maximum absolute atomic E-state index is 13.2. The highest BCUT2D eigenvalue weighted by atomic mass is 16.5. The Morgan fingerprint density at radius 3 is 2.73 bits per heavy atom. The van der Waals surface area contributed by atoms with E-state index in [4.69, 9.17) is 4.74 Å². The SMILES string of the molecule is CCn1cc(-c2cccc(CN3CCC4(CC3)COc3cc5c(cc34)CN(C3CCC(=O)NC3=O)C5=O)c2)cn1. The predicted molar refractivity (Wildman–Crippen MR) is 148 cm³/mol. The Bertz CT molecular complexity index is 1520. The van der Waals surface area contributed by atoms with Crippen LogP contribution in [0.1, 0.15) is 59.7 Å². The molecule has 0 bridgehead atoms. The molecule has 1 N–H and O–H groups in total. The van der Waals surface area contributed by atoms with E-state index >= 15 is 0 Å². The van der Waals surface area contributed by atoms with Crippen molar-refractivity contribution in [2.45, 2.75) is 63.7 Å². The van der Waals surface area contributed by atoms with E-state index in [2.05, 4.69) is 58.8 Å². The molecule has 7 rings (SSSR count). The smallest absolute Gasteiger partial charge is 0.255 e. The van der Waals surface area contributed by atoms with Crippen LogP contribution in [-0.4, -0.2) is 63.0 Å². The molecule has 3 aromatic rings. The summed E-state index contributed by atoms with van der Waals surface area (Å²) in [5.41, 5.74) is 6.33. The number of benzene rings is 2. The summed E-state index contributed by atoms with van der Waals surface area (Å²) in [6.07, 6.45) is 6.63. The zero-order valence-electron chi connectivity index (χ0n) is 22.7. The van der Waals surface area contributed by atoms with Crippen molar-refractivity contribution in [3.8, 4) is 16.9 Å². The van der Waals surface area contributed by atoms with Gasteiger partial charge in [-0.3, -0.25) is 29.3 Å². The van der Waals surface area contributed by atoms with Gasteiger partial charge in [0.05, 0.1) is 12.8 Å². The molecule has 2 aromatic carbocycles. The summed E-state index contributed by atoms with van der Waals surface area (Å²) in [5, 5.41) is 6.79. The Morgan fingerprint density at radius 1 is 1.10 bits per heavy atom. The number of hydrogen-bond donors (Lipinski definition) is 1. The van der Waals surface area contributed by atoms with Gasteiger partial charge in [0.1, 0.15) is 11.8 Å². The fraction of sp³-hybridized carbons (Fsp3) is 0.419. The molecule has 4 aliphatic rings. The minimum absolute atomic E-state index is 0.0530. The highest BCUT2D eigenvalue weighted by molar-refractivity contribution is 6.05. The van der Waals surface area contributed by atoms with Crippen molar-refractivity contribution in [3.05, 3.63) is 71.0 Å². The number of aryl methyl sites for hydroxylation is 1. The molecule has 40 heavy (non-hydrogen) atoms. The third-order valence-electron chi connectivity index (χ3n) is 9.14. The van der Waals surface area contributed by atoms with Gasteiger partial charge < -0.3 is 9.64 Å². The molecule has 9 heteroatoms. The van der Waals surface area contributed by atoms with Crippen molar-refractivity contribution in [3.63, 3.8) is 0 Å². The van der Waals surface area contributed by atoms with Crippen molar-refractivity contribution < 1.29 is 19.1 Å². The molecular weight excluding hydrogens is 506 g/mol. The first-order valence-corrected chi connectivity index (χ1v) is 14.2. The molecule has 206 valence electrons. The number of imide groups is 1. The molecule has 1 aromatic heterocycles. The fourth-order valence-corrected chi connectivity index (χ4v) is 6.77. The Morgan fingerprint density at radius 2 is 1.95 bits per heavy atom. The number of carbonyl (C=O) groups is 3. The van der Waals surface area contributed by atoms with Crippen LogP contribution in [0.25, 0.3) is 11.1 Å². The number of rotatable bonds is 5. The second-order valence-corrected chi connectivity index (χ2v) is 11.5. The van der Waals surface area contributed by atoms with E-state index in [-0.39, 0.29) is 29.6 Å². The van der Waals surface area contributed by atoms with E-state index < -0.39 is 6.04 Å². The van der Waals surface area contributed by atoms with Gasteiger partial charge in [-0.05, 0) is 74.2 Å². The van der Waals surface area contributed by atoms with Gasteiger partial charge in [0, 0.05) is 54.4 Å². The summed E-state index contributed by atoms with van der Waals surface area (Å²) in [6.45, 7) is 6.83. The summed E-state index contributed by atoms with van der Waals surface area (Å²) in [6, 6.07) is 12.2. The minimum atomic E-state index is -0.605. The van der Waals surface area contributed by atoms with Crippen LogP contribution >= 0.6 is 0 Å². The summed E-state index contributed by atoms with van der Waals surface area (Å²) in [7, 11) is 0. The normalized spacial score (nSPS) is 21.9. The zero-order valence-corrected chi connectivity index (χ0v) is 22.7. The first kappa shape index (κ1) is 25.0. The Kier molecular flexibility index (Phi) is 6.00. The molecule has 0 saturated carbocycles. The Hall–Kier alpha value is -3.98. The second kappa shape index (κ2) is 9.59. The average Bonchev–Trinajstić information content (AvgIpc) is 3.66. The number of nitrogens with one attached hydrogen (secondary N) is 1. The van der Waals surface area contributed by atoms with Gasteiger partial charge >= 0.3 is 0 Å². The number of hydrogen-bond acceptors (Lipinski definition) is 6. The van der Waals surface area contributed by atoms with Gasteiger partial charge in [-0.25, -0.2) is 0 Å². The van der Waals surface area contributed by atoms with Crippen molar-refractivity contribution in [1.82, 2.24) is 24.9 Å². The first-order chi connectivity index (χ1) is 19.4. The van der Waals surface area contributed by atoms with Crippen molar-refractivity contribution >= 4 is 17.7 Å². The van der Waals surface area contributed by atoms with Gasteiger partial charge in [0.2, 0.25) is 11.8 Å². The van der Waals surface area contributed by atoms with E-state index in [1.807, 2.05) is 16.9 Å². The highest BCUT2D eigenvalue weighted by Gasteiger charge is 2.46. The molecular formula is C31H33N5O4. The van der Waals surface area contributed by atoms with Gasteiger partial charge in [0.25, 0.3) is 5.91 Å². The highest BCUT2D eigenvalue weighted by Crippen LogP contribution is 2.48. The third kappa shape index (κ3) is 4.20. The fourth-order valence-electron chi connectivity index (χ4n) is 6.77. The Labute approximate surface area is 233 Å². The van der Waals surface area contributed by atoms with Crippen LogP contribution in [-0.2, 0) is 34.6 Å². The Balaban J connectivity index is 1.04. The number of amides is 3. The summed E-state index contributed by atoms with van der Waals surface area (Å²) >= 11 is 0. The monoisotopic (exact) mass is 539 g/mol. The number of ether oxygens (including phenoxy) is 1. The van der Waals surface area contributed by atoms with Crippen LogP contribution in [0, 0.1) is 0 Å². The van der Waals surface area contributed by atoms with Crippen LogP contribution in [0.5, 0.6) is 5.75 Å². The molecule has 3 amide bonds. The van der Waals surface area contributed by atoms with Crippen LogP contribution in [0.3, 0.4) is 0 Å². The second-order valence-electron chi connectivity index (χ2n) is 11.5. The summed E-state index contributed by atoms with van der Waals surface area (Å²) in [4.78, 5) is 41.4. The van der Waals surface area contributed by atoms with Crippen LogP contribution in [0.4, 0.5) is 0 Å². The molecule has 5 heterocycles. The molecule has 1 atom stereocenters. The number of likely N-dealkylation sites (tertiary alicyclic amines) is 1. The van der Waals surface area contributed by atoms with E-state index in [1.54, 1.807) is 4.90 Å². The van der Waals surface area contributed by atoms with Gasteiger partial charge in [-0.15, -0.1) is 0 Å². The van der Waals surface area contributed by atoms with Crippen LogP contribution in [0.2, 0.25) is 0 Å². The van der Waals surface area contributed by atoms with E-state index in [0.717, 1.165) is 55.9 Å². The molecule has 9 nitrogen and oxygen atoms in total. The molecule has 0 aliphatic carbocycles. The van der Waals surface area contributed by atoms with Crippen molar-refractivity contribution in [2.75, 3.05) is 19.7 Å². The van der Waals surface area contributed by atoms with Crippen LogP contribution < -0.4 is 10.1 Å². The van der Waals surface area contributed by atoms with Gasteiger partial charge in [-0.2, -0.15) is 5.10 Å². The zero-order chi connectivity index (χ0) is 27.4. The maximum atomic E-state index is 13.2. The molecule has 1 spiro atoms. The van der Waals surface area contributed by atoms with E-state index in [0.29, 0.717) is 25.1 Å².